The summed E-state index contributed by atoms with van der Waals surface area (Å²) >= 11 is 0. The number of nitrogens with two attached hydrogens (primary N) is 1. The molecule has 0 saturated heterocycles. The van der Waals surface area contributed by atoms with Gasteiger partial charge in [0.05, 0.1) is 41.4 Å². The first-order valence-corrected chi connectivity index (χ1v) is 10.2. The Labute approximate surface area is 190 Å². The largest absolute Gasteiger partial charge is 0.416 e. The van der Waals surface area contributed by atoms with Crippen molar-refractivity contribution in [2.24, 2.45) is 0 Å². The lowest BCUT2D eigenvalue weighted by atomic mass is 10.1. The molecule has 0 aliphatic heterocycles. The van der Waals surface area contributed by atoms with Crippen LogP contribution in [0.5, 0.6) is 0 Å². The molecule has 0 aliphatic carbocycles. The molecule has 10 heteroatoms. The van der Waals surface area contributed by atoms with Gasteiger partial charge in [0.15, 0.2) is 0 Å². The molecule has 0 aliphatic rings. The molecule has 0 spiro atoms. The van der Waals surface area contributed by atoms with Gasteiger partial charge < -0.3 is 10.3 Å². The van der Waals surface area contributed by atoms with Gasteiger partial charge in [-0.15, -0.1) is 0 Å². The molecule has 0 saturated carbocycles. The Morgan fingerprint density at radius 3 is 2.44 bits per heavy atom. The Morgan fingerprint density at radius 1 is 0.971 bits per heavy atom. The standard InChI is InChI=1S/C24H17F3N6O/c25-24(26,27)16-5-7-18(8-6-16)33-20-4-2-1-3-19(20)23(31-33)15-9-10-32(22(34)11-15)14-17-12-29-13-21(28)30-17/h1-13H,14H2,(H2,28,30). The van der Waals surface area contributed by atoms with Gasteiger partial charge in [-0.05, 0) is 36.4 Å². The number of benzene rings is 2. The number of rotatable bonds is 4. The van der Waals surface area contributed by atoms with E-state index in [1.54, 1.807) is 16.9 Å². The Bertz CT molecular complexity index is 1550. The highest BCUT2D eigenvalue weighted by molar-refractivity contribution is 5.94. The normalized spacial score (nSPS) is 11.7. The van der Waals surface area contributed by atoms with Crippen LogP contribution in [0, 0.1) is 0 Å². The number of alkyl halides is 3. The van der Waals surface area contributed by atoms with Crippen LogP contribution < -0.4 is 11.3 Å². The minimum atomic E-state index is -4.42. The van der Waals surface area contributed by atoms with Crippen molar-refractivity contribution in [3.05, 3.63) is 101 Å². The first-order valence-electron chi connectivity index (χ1n) is 10.2. The summed E-state index contributed by atoms with van der Waals surface area (Å²) in [6, 6.07) is 15.3. The molecule has 0 amide bonds. The Balaban J connectivity index is 1.55. The first kappa shape index (κ1) is 21.4. The molecule has 0 bridgehead atoms. The number of fused-ring (bicyclic) bond motifs is 1. The minimum Gasteiger partial charge on any atom is -0.382 e. The fourth-order valence-corrected chi connectivity index (χ4v) is 3.73. The zero-order chi connectivity index (χ0) is 23.9. The number of aromatic nitrogens is 5. The quantitative estimate of drug-likeness (QED) is 0.430. The lowest BCUT2D eigenvalue weighted by Crippen LogP contribution is -2.20. The van der Waals surface area contributed by atoms with E-state index in [1.807, 2.05) is 24.3 Å². The molecule has 2 aromatic carbocycles. The molecular weight excluding hydrogens is 445 g/mol. The lowest BCUT2D eigenvalue weighted by molar-refractivity contribution is -0.137. The van der Waals surface area contributed by atoms with E-state index in [1.165, 1.54) is 35.2 Å². The number of hydrogen-bond donors (Lipinski definition) is 1. The van der Waals surface area contributed by atoms with Crippen LogP contribution in [0.25, 0.3) is 27.8 Å². The highest BCUT2D eigenvalue weighted by Gasteiger charge is 2.30. The topological polar surface area (TPSA) is 91.6 Å². The van der Waals surface area contributed by atoms with E-state index >= 15 is 0 Å². The van der Waals surface area contributed by atoms with Gasteiger partial charge in [-0.25, -0.2) is 9.67 Å². The van der Waals surface area contributed by atoms with Gasteiger partial charge in [0.2, 0.25) is 0 Å². The molecule has 2 N–H and O–H groups in total. The van der Waals surface area contributed by atoms with Gasteiger partial charge in [0.1, 0.15) is 11.5 Å². The zero-order valence-electron chi connectivity index (χ0n) is 17.6. The van der Waals surface area contributed by atoms with Crippen LogP contribution in [0.2, 0.25) is 0 Å². The maximum atomic E-state index is 13.0. The third-order valence-corrected chi connectivity index (χ3v) is 5.33. The summed E-state index contributed by atoms with van der Waals surface area (Å²) in [7, 11) is 0. The fraction of sp³-hybridized carbons (Fsp3) is 0.0833. The molecule has 5 rings (SSSR count). The van der Waals surface area contributed by atoms with Crippen molar-refractivity contribution in [2.45, 2.75) is 12.7 Å². The van der Waals surface area contributed by atoms with Crippen molar-refractivity contribution >= 4 is 16.7 Å². The molecule has 3 heterocycles. The Hall–Kier alpha value is -4.47. The van der Waals surface area contributed by atoms with Crippen molar-refractivity contribution in [1.29, 1.82) is 0 Å². The van der Waals surface area contributed by atoms with Crippen molar-refractivity contribution in [3.8, 4) is 16.9 Å². The first-order chi connectivity index (χ1) is 16.3. The van der Waals surface area contributed by atoms with Crippen molar-refractivity contribution in [1.82, 2.24) is 24.3 Å². The summed E-state index contributed by atoms with van der Waals surface area (Å²) in [6.07, 6.45) is 0.175. The van der Waals surface area contributed by atoms with E-state index in [9.17, 15) is 18.0 Å². The average molecular weight is 462 g/mol. The summed E-state index contributed by atoms with van der Waals surface area (Å²) in [5, 5.41) is 5.40. The number of nitrogen functional groups attached to an aromatic ring is 1. The number of halogens is 3. The van der Waals surface area contributed by atoms with Crippen LogP contribution in [0.1, 0.15) is 11.3 Å². The van der Waals surface area contributed by atoms with E-state index in [-0.39, 0.29) is 17.9 Å². The predicted molar refractivity (Wildman–Crippen MR) is 121 cm³/mol. The molecular formula is C24H17F3N6O. The van der Waals surface area contributed by atoms with E-state index in [0.29, 0.717) is 28.2 Å². The van der Waals surface area contributed by atoms with Crippen LogP contribution in [0.15, 0.2) is 84.0 Å². The molecule has 5 aromatic rings. The number of nitrogens with zero attached hydrogens (tertiary/aromatic N) is 5. The number of anilines is 1. The van der Waals surface area contributed by atoms with Gasteiger partial charge in [-0.3, -0.25) is 9.78 Å². The average Bonchev–Trinajstić information content (AvgIpc) is 3.20. The SMILES string of the molecule is Nc1cncc(Cn2ccc(-c3nn(-c4ccc(C(F)(F)F)cc4)c4ccccc34)cc2=O)n1. The van der Waals surface area contributed by atoms with Gasteiger partial charge in [-0.2, -0.15) is 18.3 Å². The third-order valence-electron chi connectivity index (χ3n) is 5.33. The van der Waals surface area contributed by atoms with Crippen LogP contribution in [0.4, 0.5) is 19.0 Å². The molecule has 170 valence electrons. The summed E-state index contributed by atoms with van der Waals surface area (Å²) in [4.78, 5) is 20.9. The second-order valence-electron chi connectivity index (χ2n) is 7.64. The van der Waals surface area contributed by atoms with E-state index in [0.717, 1.165) is 17.5 Å². The molecule has 0 unspecified atom stereocenters. The van der Waals surface area contributed by atoms with E-state index in [4.69, 9.17) is 5.73 Å². The third kappa shape index (κ3) is 4.01. The van der Waals surface area contributed by atoms with Crippen molar-refractivity contribution in [2.75, 3.05) is 5.73 Å². The molecule has 3 aromatic heterocycles. The summed E-state index contributed by atoms with van der Waals surface area (Å²) < 4.78 is 41.9. The molecule has 34 heavy (non-hydrogen) atoms. The highest BCUT2D eigenvalue weighted by atomic mass is 19.4. The zero-order valence-corrected chi connectivity index (χ0v) is 17.6. The van der Waals surface area contributed by atoms with Crippen molar-refractivity contribution < 1.29 is 13.2 Å². The molecule has 0 fully saturated rings. The van der Waals surface area contributed by atoms with Crippen LogP contribution in [-0.2, 0) is 12.7 Å². The maximum Gasteiger partial charge on any atom is 0.416 e. The van der Waals surface area contributed by atoms with E-state index < -0.39 is 11.7 Å². The lowest BCUT2D eigenvalue weighted by Gasteiger charge is -2.08. The monoisotopic (exact) mass is 462 g/mol. The molecule has 0 atom stereocenters. The minimum absolute atomic E-state index is 0.206. The number of pyridine rings is 1. The highest BCUT2D eigenvalue weighted by Crippen LogP contribution is 2.32. The van der Waals surface area contributed by atoms with Gasteiger partial charge in [0.25, 0.3) is 5.56 Å². The summed E-state index contributed by atoms with van der Waals surface area (Å²) in [5.74, 6) is 0.266. The second-order valence-corrected chi connectivity index (χ2v) is 7.64. The van der Waals surface area contributed by atoms with Gasteiger partial charge in [-0.1, -0.05) is 18.2 Å². The molecule has 0 radical (unpaired) electrons. The second kappa shape index (κ2) is 8.14. The number of para-hydroxylation sites is 1. The number of hydrogen-bond acceptors (Lipinski definition) is 5. The maximum absolute atomic E-state index is 13.0. The van der Waals surface area contributed by atoms with Crippen LogP contribution in [-0.4, -0.2) is 24.3 Å². The smallest absolute Gasteiger partial charge is 0.382 e. The van der Waals surface area contributed by atoms with Gasteiger partial charge in [0, 0.05) is 23.2 Å². The summed E-state index contributed by atoms with van der Waals surface area (Å²) in [6.45, 7) is 0.206. The van der Waals surface area contributed by atoms with E-state index in [2.05, 4.69) is 15.1 Å². The fourth-order valence-electron chi connectivity index (χ4n) is 3.73. The summed E-state index contributed by atoms with van der Waals surface area (Å²) in [5.41, 5.74) is 7.51. The Morgan fingerprint density at radius 2 is 1.74 bits per heavy atom. The Kier molecular flexibility index (Phi) is 5.12. The van der Waals surface area contributed by atoms with Crippen LogP contribution >= 0.6 is 0 Å². The van der Waals surface area contributed by atoms with Crippen LogP contribution in [0.3, 0.4) is 0 Å². The van der Waals surface area contributed by atoms with Gasteiger partial charge >= 0.3 is 6.18 Å². The van der Waals surface area contributed by atoms with Crippen molar-refractivity contribution in [3.63, 3.8) is 0 Å². The molecule has 7 nitrogen and oxygen atoms in total. The predicted octanol–water partition coefficient (Wildman–Crippen LogP) is 4.29.